The highest BCUT2D eigenvalue weighted by atomic mass is 32.2. The number of likely N-dealkylation sites (N-methyl/N-ethyl adjacent to an activating group) is 1. The Morgan fingerprint density at radius 3 is 2.43 bits per heavy atom. The van der Waals surface area contributed by atoms with E-state index in [-0.39, 0.29) is 54.3 Å². The zero-order chi connectivity index (χ0) is 33.3. The number of carbonyl (C=O) groups is 2. The van der Waals surface area contributed by atoms with Crippen LogP contribution in [0.2, 0.25) is 0 Å². The lowest BCUT2D eigenvalue weighted by Gasteiger charge is -2.35. The lowest BCUT2D eigenvalue weighted by molar-refractivity contribution is -0.120. The molecule has 11 heteroatoms. The molecule has 4 rings (SSSR count). The van der Waals surface area contributed by atoms with Crippen molar-refractivity contribution in [3.63, 3.8) is 0 Å². The van der Waals surface area contributed by atoms with Crippen LogP contribution in [0.3, 0.4) is 0 Å². The molecule has 2 amide bonds. The first-order chi connectivity index (χ1) is 22.0. The second-order valence-corrected chi connectivity index (χ2v) is 15.0. The summed E-state index contributed by atoms with van der Waals surface area (Å²) in [6.45, 7) is 6.14. The van der Waals surface area contributed by atoms with E-state index in [9.17, 15) is 23.1 Å². The molecule has 0 spiro atoms. The van der Waals surface area contributed by atoms with Gasteiger partial charge >= 0.3 is 0 Å². The van der Waals surface area contributed by atoms with E-state index in [4.69, 9.17) is 9.47 Å². The molecule has 1 heterocycles. The number of fused-ring (bicyclic) bond motifs is 1. The molecule has 0 saturated heterocycles. The van der Waals surface area contributed by atoms with Crippen LogP contribution in [0.15, 0.2) is 53.4 Å². The number of benzene rings is 2. The molecule has 1 aliphatic heterocycles. The van der Waals surface area contributed by atoms with Gasteiger partial charge in [0.25, 0.3) is 5.91 Å². The van der Waals surface area contributed by atoms with Crippen molar-refractivity contribution in [3.05, 3.63) is 54.1 Å². The Morgan fingerprint density at radius 1 is 1.04 bits per heavy atom. The molecule has 1 aliphatic carbocycles. The number of aliphatic hydroxyl groups is 1. The lowest BCUT2D eigenvalue weighted by Crippen LogP contribution is -2.48. The summed E-state index contributed by atoms with van der Waals surface area (Å²) in [6, 6.07) is 12.9. The van der Waals surface area contributed by atoms with Gasteiger partial charge in [-0.3, -0.25) is 9.59 Å². The third kappa shape index (κ3) is 9.30. The maximum atomic E-state index is 14.3. The first-order valence-corrected chi connectivity index (χ1v) is 18.1. The fourth-order valence-corrected chi connectivity index (χ4v) is 7.40. The standard InChI is InChI=1S/C35H51N3O7S/c1-25-22-38(26(2)24-39)35(41)31-21-29(36-34(40)28-14-7-5-8-15-28)18-19-32(31)45-27(3)13-11-12-20-44-33(25)23-37(4)46(42,43)30-16-9-6-10-17-30/h6,9-10,16-19,21,25-28,33,39H,5,7-8,11-15,20,22-24H2,1-4H3,(H,36,40)/t25-,26-,27-,33-/m1/s1. The van der Waals surface area contributed by atoms with E-state index < -0.39 is 22.2 Å². The van der Waals surface area contributed by atoms with Gasteiger partial charge in [0.1, 0.15) is 5.75 Å². The SMILES string of the molecule is C[C@@H]1CCCCO[C@H](CN(C)S(=O)(=O)c2ccccc2)[C@H](C)CN([C@H](C)CO)C(=O)c2cc(NC(=O)C3CCCCC3)ccc2O1. The van der Waals surface area contributed by atoms with Crippen molar-refractivity contribution in [2.24, 2.45) is 11.8 Å². The van der Waals surface area contributed by atoms with Crippen molar-refractivity contribution in [1.29, 1.82) is 0 Å². The molecule has 0 bridgehead atoms. The van der Waals surface area contributed by atoms with Gasteiger partial charge in [0.05, 0.1) is 35.3 Å². The van der Waals surface area contributed by atoms with Crippen LogP contribution in [0.4, 0.5) is 5.69 Å². The topological polar surface area (TPSA) is 125 Å². The van der Waals surface area contributed by atoms with Gasteiger partial charge in [-0.2, -0.15) is 4.31 Å². The van der Waals surface area contributed by atoms with Gasteiger partial charge < -0.3 is 24.8 Å². The Morgan fingerprint density at radius 2 is 1.74 bits per heavy atom. The van der Waals surface area contributed by atoms with Crippen LogP contribution in [-0.4, -0.2) is 86.1 Å². The molecule has 254 valence electrons. The molecule has 1 saturated carbocycles. The van der Waals surface area contributed by atoms with Crippen LogP contribution < -0.4 is 10.1 Å². The van der Waals surface area contributed by atoms with Gasteiger partial charge in [0.15, 0.2) is 0 Å². The number of ether oxygens (including phenoxy) is 2. The summed E-state index contributed by atoms with van der Waals surface area (Å²) in [6.07, 6.45) is 6.58. The molecule has 0 radical (unpaired) electrons. The van der Waals surface area contributed by atoms with Gasteiger partial charge in [-0.05, 0) is 76.3 Å². The van der Waals surface area contributed by atoms with Crippen LogP contribution in [0, 0.1) is 11.8 Å². The van der Waals surface area contributed by atoms with Crippen molar-refractivity contribution in [1.82, 2.24) is 9.21 Å². The quantitative estimate of drug-likeness (QED) is 0.394. The highest BCUT2D eigenvalue weighted by molar-refractivity contribution is 7.89. The summed E-state index contributed by atoms with van der Waals surface area (Å²) in [5, 5.41) is 13.2. The minimum Gasteiger partial charge on any atom is -0.490 e. The predicted octanol–water partition coefficient (Wildman–Crippen LogP) is 5.32. The first kappa shape index (κ1) is 35.9. The third-order valence-corrected chi connectivity index (χ3v) is 11.0. The number of hydrogen-bond donors (Lipinski definition) is 2. The number of amides is 2. The third-order valence-electron chi connectivity index (χ3n) is 9.18. The number of rotatable bonds is 8. The Balaban J connectivity index is 1.63. The van der Waals surface area contributed by atoms with E-state index in [0.717, 1.165) is 51.4 Å². The Kier molecular flexibility index (Phi) is 13.0. The largest absolute Gasteiger partial charge is 0.490 e. The average Bonchev–Trinajstić information content (AvgIpc) is 3.06. The Labute approximate surface area is 274 Å². The van der Waals surface area contributed by atoms with E-state index in [1.54, 1.807) is 67.4 Å². The van der Waals surface area contributed by atoms with Crippen LogP contribution in [0.25, 0.3) is 0 Å². The van der Waals surface area contributed by atoms with Crippen molar-refractivity contribution >= 4 is 27.5 Å². The van der Waals surface area contributed by atoms with E-state index in [1.165, 1.54) is 4.31 Å². The van der Waals surface area contributed by atoms with Gasteiger partial charge in [-0.1, -0.05) is 44.4 Å². The summed E-state index contributed by atoms with van der Waals surface area (Å²) < 4.78 is 40.6. The summed E-state index contributed by atoms with van der Waals surface area (Å²) >= 11 is 0. The van der Waals surface area contributed by atoms with Crippen LogP contribution in [0.5, 0.6) is 5.75 Å². The zero-order valence-corrected chi connectivity index (χ0v) is 28.5. The second kappa shape index (κ2) is 16.7. The van der Waals surface area contributed by atoms with Crippen LogP contribution in [-0.2, 0) is 19.6 Å². The Hall–Kier alpha value is -2.99. The number of nitrogens with one attached hydrogen (secondary N) is 1. The summed E-state index contributed by atoms with van der Waals surface area (Å²) in [5.74, 6) is -0.278. The van der Waals surface area contributed by atoms with Crippen LogP contribution >= 0.6 is 0 Å². The molecule has 1 fully saturated rings. The molecule has 0 aromatic heterocycles. The fourth-order valence-electron chi connectivity index (χ4n) is 6.20. The Bertz CT molecular complexity index is 1400. The molecule has 2 aromatic rings. The predicted molar refractivity (Wildman–Crippen MR) is 178 cm³/mol. The molecule has 4 atom stereocenters. The number of sulfonamides is 1. The van der Waals surface area contributed by atoms with Gasteiger partial charge in [-0.25, -0.2) is 8.42 Å². The summed E-state index contributed by atoms with van der Waals surface area (Å²) in [5.41, 5.74) is 0.831. The monoisotopic (exact) mass is 657 g/mol. The van der Waals surface area contributed by atoms with Crippen molar-refractivity contribution in [2.75, 3.05) is 38.7 Å². The molecule has 2 N–H and O–H groups in total. The molecule has 10 nitrogen and oxygen atoms in total. The molecular formula is C35H51N3O7S. The second-order valence-electron chi connectivity index (χ2n) is 12.9. The van der Waals surface area contributed by atoms with Gasteiger partial charge in [0.2, 0.25) is 15.9 Å². The smallest absolute Gasteiger partial charge is 0.258 e. The fraction of sp³-hybridized carbons (Fsp3) is 0.600. The lowest BCUT2D eigenvalue weighted by atomic mass is 9.88. The van der Waals surface area contributed by atoms with Crippen LogP contribution in [0.1, 0.15) is 82.5 Å². The van der Waals surface area contributed by atoms with E-state index in [0.29, 0.717) is 23.6 Å². The zero-order valence-electron chi connectivity index (χ0n) is 27.7. The molecule has 46 heavy (non-hydrogen) atoms. The maximum Gasteiger partial charge on any atom is 0.258 e. The minimum absolute atomic E-state index is 0.0361. The molecule has 2 aliphatic rings. The normalized spacial score (nSPS) is 23.2. The first-order valence-electron chi connectivity index (χ1n) is 16.7. The maximum absolute atomic E-state index is 14.3. The van der Waals surface area contributed by atoms with E-state index in [2.05, 4.69) is 5.32 Å². The number of anilines is 1. The van der Waals surface area contributed by atoms with E-state index >= 15 is 0 Å². The van der Waals surface area contributed by atoms with E-state index in [1.807, 2.05) is 13.8 Å². The highest BCUT2D eigenvalue weighted by Crippen LogP contribution is 2.30. The van der Waals surface area contributed by atoms with Crippen molar-refractivity contribution in [3.8, 4) is 5.75 Å². The molecule has 0 unspecified atom stereocenters. The summed E-state index contributed by atoms with van der Waals surface area (Å²) in [4.78, 5) is 29.2. The highest BCUT2D eigenvalue weighted by Gasteiger charge is 2.32. The van der Waals surface area contributed by atoms with Crippen molar-refractivity contribution < 1.29 is 32.6 Å². The minimum atomic E-state index is -3.76. The molecule has 2 aromatic carbocycles. The molecular weight excluding hydrogens is 606 g/mol. The number of carbonyl (C=O) groups excluding carboxylic acids is 2. The number of hydrogen-bond acceptors (Lipinski definition) is 7. The van der Waals surface area contributed by atoms with Gasteiger partial charge in [-0.15, -0.1) is 0 Å². The number of aliphatic hydroxyl groups excluding tert-OH is 1. The average molecular weight is 658 g/mol. The van der Waals surface area contributed by atoms with Gasteiger partial charge in [0, 0.05) is 44.3 Å². The summed E-state index contributed by atoms with van der Waals surface area (Å²) in [7, 11) is -2.21. The van der Waals surface area contributed by atoms with Crippen molar-refractivity contribution in [2.45, 2.75) is 95.3 Å². The number of nitrogens with zero attached hydrogens (tertiary/aromatic N) is 2.